The second-order valence-electron chi connectivity index (χ2n) is 27.2. The van der Waals surface area contributed by atoms with E-state index in [1.807, 2.05) is 0 Å². The Balaban J connectivity index is 1.05. The minimum Gasteiger partial charge on any atom is -0.463 e. The number of allylic oxidation sites excluding steroid dienone is 2. The van der Waals surface area contributed by atoms with Gasteiger partial charge in [0.1, 0.15) is 135 Å². The largest absolute Gasteiger partial charge is 0.472 e. The topological polar surface area (TPSA) is 578 Å². The van der Waals surface area contributed by atoms with Gasteiger partial charge in [-0.3, -0.25) is 23.2 Å². The van der Waals surface area contributed by atoms with E-state index in [0.717, 1.165) is 39.0 Å². The van der Waals surface area contributed by atoms with Gasteiger partial charge in [0, 0.05) is 13.3 Å². The Morgan fingerprint density at radius 1 is 0.447 bits per heavy atom. The van der Waals surface area contributed by atoms with Crippen LogP contribution in [0.15, 0.2) is 12.2 Å². The predicted octanol–water partition coefficient (Wildman–Crippen LogP) is -1.12. The first-order valence-corrected chi connectivity index (χ1v) is 39.3. The molecule has 5 rings (SSSR count). The van der Waals surface area contributed by atoms with Gasteiger partial charge < -0.3 is 144 Å². The second kappa shape index (κ2) is 47.2. The Morgan fingerprint density at radius 2 is 0.864 bits per heavy atom. The molecule has 103 heavy (non-hydrogen) atoms. The molecule has 5 fully saturated rings. The number of ether oxygens (including phenoxy) is 10. The number of aliphatic hydroxyl groups is 15. The zero-order valence-corrected chi connectivity index (χ0v) is 60.6. The van der Waals surface area contributed by atoms with Gasteiger partial charge in [0.2, 0.25) is 0 Å². The number of carbonyl (C=O) groups excluding carboxylic acids is 2. The lowest BCUT2D eigenvalue weighted by atomic mass is 9.84. The van der Waals surface area contributed by atoms with Crippen molar-refractivity contribution in [3.05, 3.63) is 12.2 Å². The van der Waals surface area contributed by atoms with Crippen LogP contribution >= 0.6 is 15.6 Å². The Bertz CT molecular complexity index is 2480. The zero-order valence-electron chi connectivity index (χ0n) is 58.8. The Morgan fingerprint density at radius 3 is 1.36 bits per heavy atom. The van der Waals surface area contributed by atoms with E-state index >= 15 is 0 Å². The minimum absolute atomic E-state index is 0.0444. The van der Waals surface area contributed by atoms with E-state index in [2.05, 4.69) is 23.6 Å². The summed E-state index contributed by atoms with van der Waals surface area (Å²) < 4.78 is 95.3. The number of phosphoric ester groups is 2. The maximum atomic E-state index is 13.6. The molecule has 5 aliphatic rings. The van der Waals surface area contributed by atoms with Gasteiger partial charge in [-0.25, -0.2) is 9.13 Å². The van der Waals surface area contributed by atoms with Crippen LogP contribution in [-0.2, 0) is 79.7 Å². The standard InChI is InChI=1S/C65H119NO35P2/c1-3-4-5-6-7-8-9-10-11-12-13-14-15-16-17-18-19-20-21-22-23-24-25-26-27-28-29-30-43(71)89-33-38(70)34-92-103(87,88)101-61-58(93-37(2)69)53(80)51(78)54(81)59(61)99-62-44(66)48(75)57(40(32-68)95-62)98-63-55(82)49(76)46(73)41(96-63)35-90-65-60(52(79)45(72)39(31-67)94-65)100-64-56(83)50(77)47(74)42(97-64)36-91-102(84,85)86/h10-11,38-42,44-65,67-68,70,72-83H,3-9,12-36,66H2,1-2H3,(H,87,88)(H2,84,85,86)/b11-10-/t38-,39?,40?,41?,42?,44?,45-,46-,47+,48?,49?,50?,51?,52?,53-,54?,55?,56?,57-,58?,59-,60?,61?,62-,63-,64-,65+/m1/s1. The molecule has 4 aliphatic heterocycles. The molecule has 0 spiro atoms. The average molecular weight is 1540 g/mol. The Hall–Kier alpha value is -2.06. The third kappa shape index (κ3) is 30.3. The molecule has 28 atom stereocenters. The third-order valence-corrected chi connectivity index (χ3v) is 20.3. The summed E-state index contributed by atoms with van der Waals surface area (Å²) in [6.07, 6.45) is -18.8. The number of hydrogen-bond acceptors (Lipinski definition) is 33. The van der Waals surface area contributed by atoms with Crippen molar-refractivity contribution in [3.63, 3.8) is 0 Å². The van der Waals surface area contributed by atoms with Crippen molar-refractivity contribution in [2.45, 2.75) is 346 Å². The summed E-state index contributed by atoms with van der Waals surface area (Å²) in [7, 11) is -10.7. The lowest BCUT2D eigenvalue weighted by Gasteiger charge is -2.49. The summed E-state index contributed by atoms with van der Waals surface area (Å²) in [6.45, 7) is -2.74. The van der Waals surface area contributed by atoms with Gasteiger partial charge in [0.05, 0.1) is 39.1 Å². The van der Waals surface area contributed by atoms with Crippen LogP contribution in [0, 0.1) is 0 Å². The molecule has 1 saturated carbocycles. The molecule has 0 aromatic rings. The molecule has 36 nitrogen and oxygen atoms in total. The number of hydrogen-bond donors (Lipinski definition) is 19. The van der Waals surface area contributed by atoms with Gasteiger partial charge in [0.25, 0.3) is 0 Å². The lowest BCUT2D eigenvalue weighted by Crippen LogP contribution is -2.70. The fraction of sp³-hybridized carbons (Fsp3) is 0.938. The van der Waals surface area contributed by atoms with Crippen LogP contribution in [0.1, 0.15) is 181 Å². The van der Waals surface area contributed by atoms with Gasteiger partial charge in [0.15, 0.2) is 31.3 Å². The van der Waals surface area contributed by atoms with Gasteiger partial charge in [-0.1, -0.05) is 147 Å². The van der Waals surface area contributed by atoms with Gasteiger partial charge >= 0.3 is 27.6 Å². The number of esters is 2. The maximum absolute atomic E-state index is 13.6. The first kappa shape index (κ1) is 91.6. The minimum atomic E-state index is -5.55. The van der Waals surface area contributed by atoms with Crippen LogP contribution in [-0.4, -0.2) is 308 Å². The monoisotopic (exact) mass is 1540 g/mol. The van der Waals surface area contributed by atoms with Crippen LogP contribution in [0.2, 0.25) is 0 Å². The van der Waals surface area contributed by atoms with Crippen molar-refractivity contribution in [1.82, 2.24) is 0 Å². The highest BCUT2D eigenvalue weighted by Crippen LogP contribution is 2.49. The fourth-order valence-electron chi connectivity index (χ4n) is 12.8. The van der Waals surface area contributed by atoms with Crippen LogP contribution in [0.4, 0.5) is 0 Å². The summed E-state index contributed by atoms with van der Waals surface area (Å²) in [5.74, 6) is -1.81. The summed E-state index contributed by atoms with van der Waals surface area (Å²) in [4.78, 5) is 54.1. The molecule has 0 bridgehead atoms. The Labute approximate surface area is 600 Å². The second-order valence-corrected chi connectivity index (χ2v) is 29.9. The maximum Gasteiger partial charge on any atom is 0.472 e. The number of nitrogens with two attached hydrogens (primary N) is 1. The van der Waals surface area contributed by atoms with E-state index in [9.17, 15) is 100 Å². The van der Waals surface area contributed by atoms with E-state index < -0.39 is 233 Å². The normalized spacial score (nSPS) is 36.2. The van der Waals surface area contributed by atoms with Crippen LogP contribution in [0.3, 0.4) is 0 Å². The first-order valence-electron chi connectivity index (χ1n) is 36.3. The molecule has 0 aromatic heterocycles. The van der Waals surface area contributed by atoms with Crippen LogP contribution in [0.25, 0.3) is 0 Å². The van der Waals surface area contributed by atoms with Crippen molar-refractivity contribution in [2.24, 2.45) is 5.73 Å². The summed E-state index contributed by atoms with van der Waals surface area (Å²) in [5.41, 5.74) is 6.35. The van der Waals surface area contributed by atoms with Gasteiger partial charge in [-0.05, 0) is 32.1 Å². The SMILES string of the molecule is CCCCCCCC/C=C\CCCCCCCCCCCCCCCCCCCC(=O)OC[C@@H](O)COP(=O)(O)OC1C(OC(C)=O)[C@H](O)C(O)C(O)[C@H]1O[C@H]1OC(CO)[C@@H](O[C@H]2OC(CO[C@H]3OC(CO)[C@@H](O)C(O)C3O[C@H]3OC(COP(=O)(O)O)[C@H](O)C(O)C3O)[C@@H](O)C(O)C2O)C(O)C1N. The van der Waals surface area contributed by atoms with Gasteiger partial charge in [-0.2, -0.15) is 0 Å². The van der Waals surface area contributed by atoms with Crippen molar-refractivity contribution >= 4 is 27.6 Å². The third-order valence-electron chi connectivity index (χ3n) is 18.9. The fourth-order valence-corrected chi connectivity index (χ4v) is 14.1. The number of phosphoric acid groups is 2. The summed E-state index contributed by atoms with van der Waals surface area (Å²) in [5, 5.41) is 163. The molecule has 1 aliphatic carbocycles. The van der Waals surface area contributed by atoms with Crippen LogP contribution < -0.4 is 5.73 Å². The van der Waals surface area contributed by atoms with Crippen LogP contribution in [0.5, 0.6) is 0 Å². The molecule has 0 amide bonds. The molecule has 38 heteroatoms. The summed E-state index contributed by atoms with van der Waals surface area (Å²) in [6, 6.07) is -1.91. The average Bonchev–Trinajstić information content (AvgIpc) is 0.776. The molecule has 0 radical (unpaired) electrons. The Kier molecular flexibility index (Phi) is 42.0. The number of unbranched alkanes of at least 4 members (excludes halogenated alkanes) is 23. The predicted molar refractivity (Wildman–Crippen MR) is 355 cm³/mol. The van der Waals surface area contributed by atoms with E-state index in [1.54, 1.807) is 0 Å². The highest BCUT2D eigenvalue weighted by molar-refractivity contribution is 7.47. The van der Waals surface area contributed by atoms with E-state index in [0.29, 0.717) is 6.42 Å². The van der Waals surface area contributed by atoms with Crippen molar-refractivity contribution in [2.75, 3.05) is 39.6 Å². The number of rotatable bonds is 49. The quantitative estimate of drug-likeness (QED) is 0.0148. The molecular weight excluding hydrogens is 1420 g/mol. The summed E-state index contributed by atoms with van der Waals surface area (Å²) >= 11 is 0. The van der Waals surface area contributed by atoms with Crippen molar-refractivity contribution in [3.8, 4) is 0 Å². The molecule has 604 valence electrons. The zero-order chi connectivity index (χ0) is 76.0. The molecule has 4 saturated heterocycles. The molecule has 0 aromatic carbocycles. The lowest BCUT2D eigenvalue weighted by molar-refractivity contribution is -0.377. The van der Waals surface area contributed by atoms with E-state index in [-0.39, 0.29) is 6.42 Å². The number of carbonyl (C=O) groups is 2. The molecule has 4 heterocycles. The smallest absolute Gasteiger partial charge is 0.463 e. The highest BCUT2D eigenvalue weighted by Gasteiger charge is 2.59. The van der Waals surface area contributed by atoms with Crippen molar-refractivity contribution in [1.29, 1.82) is 0 Å². The number of aliphatic hydroxyl groups excluding tert-OH is 15. The first-order chi connectivity index (χ1) is 48.9. The highest BCUT2D eigenvalue weighted by atomic mass is 31.2. The van der Waals surface area contributed by atoms with Crippen molar-refractivity contribution < 1.29 is 171 Å². The van der Waals surface area contributed by atoms with Gasteiger partial charge in [-0.15, -0.1) is 0 Å². The molecule has 17 unspecified atom stereocenters. The molecule has 20 N–H and O–H groups in total. The van der Waals surface area contributed by atoms with E-state index in [1.165, 1.54) is 122 Å². The molecular formula is C65H119NO35P2. The van der Waals surface area contributed by atoms with E-state index in [4.69, 9.17) is 71.9 Å².